The maximum Gasteiger partial charge on any atom is 0.323 e. The third kappa shape index (κ3) is 5.09. The number of ether oxygens (including phenoxy) is 1. The molecular formula is C28H32N8O3S. The molecule has 6 heterocycles. The Labute approximate surface area is 234 Å². The van der Waals surface area contributed by atoms with Crippen molar-refractivity contribution in [1.29, 1.82) is 0 Å². The number of imidazole rings is 1. The van der Waals surface area contributed by atoms with E-state index in [0.717, 1.165) is 87.0 Å². The van der Waals surface area contributed by atoms with Crippen molar-refractivity contribution in [3.63, 3.8) is 0 Å². The summed E-state index contributed by atoms with van der Waals surface area (Å²) in [5, 5.41) is 9.22. The summed E-state index contributed by atoms with van der Waals surface area (Å²) in [5.74, 6) is 0.923. The van der Waals surface area contributed by atoms with Gasteiger partial charge in [-0.05, 0) is 43.9 Å². The smallest absolute Gasteiger partial charge is 0.323 e. The summed E-state index contributed by atoms with van der Waals surface area (Å²) < 4.78 is 7.57. The predicted octanol–water partition coefficient (Wildman–Crippen LogP) is 1.22. The molecule has 2 saturated heterocycles. The molecule has 4 aromatic rings. The van der Waals surface area contributed by atoms with E-state index >= 15 is 0 Å². The number of fused-ring (bicyclic) bond motifs is 1. The van der Waals surface area contributed by atoms with Crippen molar-refractivity contribution in [3.8, 4) is 10.6 Å². The minimum atomic E-state index is -0.308. The van der Waals surface area contributed by atoms with E-state index < -0.39 is 0 Å². The first kappa shape index (κ1) is 25.2. The summed E-state index contributed by atoms with van der Waals surface area (Å²) in [6.07, 6.45) is 8.41. The Bertz CT molecular complexity index is 1720. The van der Waals surface area contributed by atoms with Gasteiger partial charge < -0.3 is 24.9 Å². The highest BCUT2D eigenvalue weighted by atomic mass is 32.1. The summed E-state index contributed by atoms with van der Waals surface area (Å²) in [4.78, 5) is 41.5. The lowest BCUT2D eigenvalue weighted by Crippen LogP contribution is -2.50. The molecule has 1 atom stereocenters. The van der Waals surface area contributed by atoms with Gasteiger partial charge >= 0.3 is 5.69 Å². The van der Waals surface area contributed by atoms with Gasteiger partial charge in [-0.25, -0.2) is 9.78 Å². The van der Waals surface area contributed by atoms with Crippen LogP contribution in [-0.2, 0) is 4.74 Å². The Morgan fingerprint density at radius 3 is 2.77 bits per heavy atom. The number of aromatic amines is 2. The SMILES string of the molecule is C=c1[nH]c(=O)[nH]/c1=C\c1cnn2c(NC3CC3)cc(-c3ccc(C(=O)N4CCN(CC5CCCO5)CC4)s3)nc12. The van der Waals surface area contributed by atoms with Crippen molar-refractivity contribution in [2.24, 2.45) is 0 Å². The van der Waals surface area contributed by atoms with E-state index in [9.17, 15) is 9.59 Å². The summed E-state index contributed by atoms with van der Waals surface area (Å²) >= 11 is 1.47. The van der Waals surface area contributed by atoms with Crippen LogP contribution in [0.25, 0.3) is 28.9 Å². The molecule has 11 nitrogen and oxygen atoms in total. The number of amides is 1. The Morgan fingerprint density at radius 2 is 2.05 bits per heavy atom. The number of H-pyrrole nitrogens is 2. The van der Waals surface area contributed by atoms with Gasteiger partial charge in [0.25, 0.3) is 5.91 Å². The van der Waals surface area contributed by atoms with Crippen molar-refractivity contribution in [2.45, 2.75) is 37.8 Å². The highest BCUT2D eigenvalue weighted by molar-refractivity contribution is 7.17. The largest absolute Gasteiger partial charge is 0.377 e. The van der Waals surface area contributed by atoms with Crippen LogP contribution in [0.4, 0.5) is 5.82 Å². The van der Waals surface area contributed by atoms with Crippen LogP contribution < -0.4 is 21.7 Å². The molecule has 3 fully saturated rings. The van der Waals surface area contributed by atoms with Crippen LogP contribution in [0, 0.1) is 0 Å². The number of carbonyl (C=O) groups excluding carboxylic acids is 1. The molecule has 1 unspecified atom stereocenters. The summed E-state index contributed by atoms with van der Waals surface area (Å²) in [6.45, 7) is 8.93. The Balaban J connectivity index is 1.14. The number of hydrogen-bond donors (Lipinski definition) is 3. The number of nitrogens with zero attached hydrogens (tertiary/aromatic N) is 5. The van der Waals surface area contributed by atoms with Crippen LogP contribution >= 0.6 is 11.3 Å². The molecule has 3 aliphatic rings. The minimum absolute atomic E-state index is 0.0724. The van der Waals surface area contributed by atoms with E-state index in [1.807, 2.05) is 29.2 Å². The Hall–Kier alpha value is -3.74. The number of piperazine rings is 1. The number of nitrogens with one attached hydrogen (secondary N) is 3. The monoisotopic (exact) mass is 560 g/mol. The number of hydrogen-bond acceptors (Lipinski definition) is 8. The zero-order valence-corrected chi connectivity index (χ0v) is 23.0. The van der Waals surface area contributed by atoms with Gasteiger partial charge in [0.1, 0.15) is 5.82 Å². The van der Waals surface area contributed by atoms with Crippen molar-refractivity contribution >= 4 is 41.4 Å². The van der Waals surface area contributed by atoms with Gasteiger partial charge in [0.05, 0.1) is 38.4 Å². The van der Waals surface area contributed by atoms with E-state index in [1.54, 1.807) is 10.7 Å². The van der Waals surface area contributed by atoms with Crippen molar-refractivity contribution in [1.82, 2.24) is 34.4 Å². The van der Waals surface area contributed by atoms with Crippen molar-refractivity contribution in [2.75, 3.05) is 44.6 Å². The summed E-state index contributed by atoms with van der Waals surface area (Å²) in [6, 6.07) is 6.30. The molecule has 2 aliphatic heterocycles. The maximum absolute atomic E-state index is 13.4. The summed E-state index contributed by atoms with van der Waals surface area (Å²) in [5.41, 5.74) is 1.88. The third-order valence-corrected chi connectivity index (χ3v) is 8.88. The number of aromatic nitrogens is 5. The number of rotatable bonds is 7. The lowest BCUT2D eigenvalue weighted by Gasteiger charge is -2.35. The number of carbonyl (C=O) groups is 1. The second-order valence-electron chi connectivity index (χ2n) is 10.8. The van der Waals surface area contributed by atoms with Crippen LogP contribution in [0.1, 0.15) is 40.9 Å². The predicted molar refractivity (Wildman–Crippen MR) is 154 cm³/mol. The van der Waals surface area contributed by atoms with Gasteiger partial charge in [0, 0.05) is 57.0 Å². The van der Waals surface area contributed by atoms with Crippen LogP contribution in [-0.4, -0.2) is 91.7 Å². The molecule has 40 heavy (non-hydrogen) atoms. The fourth-order valence-corrected chi connectivity index (χ4v) is 6.35. The Morgan fingerprint density at radius 1 is 1.20 bits per heavy atom. The van der Waals surface area contributed by atoms with Gasteiger partial charge in [-0.2, -0.15) is 9.61 Å². The maximum atomic E-state index is 13.4. The van der Waals surface area contributed by atoms with Gasteiger partial charge in [-0.15, -0.1) is 11.3 Å². The first-order valence-corrected chi connectivity index (χ1v) is 14.7. The molecule has 0 aromatic carbocycles. The van der Waals surface area contributed by atoms with Crippen LogP contribution in [0.15, 0.2) is 29.2 Å². The summed E-state index contributed by atoms with van der Waals surface area (Å²) in [7, 11) is 0. The molecule has 208 valence electrons. The van der Waals surface area contributed by atoms with Crippen molar-refractivity contribution in [3.05, 3.63) is 56.0 Å². The molecule has 4 aromatic heterocycles. The fourth-order valence-electron chi connectivity index (χ4n) is 5.42. The molecule has 1 amide bonds. The average molecular weight is 561 g/mol. The lowest BCUT2D eigenvalue weighted by molar-refractivity contribution is 0.0435. The molecular weight excluding hydrogens is 528 g/mol. The van der Waals surface area contributed by atoms with Gasteiger partial charge in [0.2, 0.25) is 0 Å². The minimum Gasteiger partial charge on any atom is -0.377 e. The molecule has 1 aliphatic carbocycles. The first-order valence-electron chi connectivity index (χ1n) is 13.9. The number of thiophene rings is 1. The van der Waals surface area contributed by atoms with E-state index in [4.69, 9.17) is 9.72 Å². The molecule has 12 heteroatoms. The van der Waals surface area contributed by atoms with Crippen LogP contribution in [0.2, 0.25) is 0 Å². The molecule has 1 saturated carbocycles. The van der Waals surface area contributed by atoms with E-state index in [1.165, 1.54) is 11.3 Å². The van der Waals surface area contributed by atoms with Crippen LogP contribution in [0.5, 0.6) is 0 Å². The molecule has 0 spiro atoms. The lowest BCUT2D eigenvalue weighted by atomic mass is 10.2. The standard InChI is InChI=1S/C28H32N8O3S/c1-17-21(33-28(38)30-17)13-18-15-29-36-25(31-19-4-5-19)14-22(32-26(18)36)23-6-7-24(40-23)27(37)35-10-8-34(9-11-35)16-20-3-2-12-39-20/h6-7,13-15,19-20,31H,1-5,8-12,16H2,(H2,30,33,38)/b21-13-. The van der Waals surface area contributed by atoms with Crippen molar-refractivity contribution < 1.29 is 9.53 Å². The van der Waals surface area contributed by atoms with Gasteiger partial charge in [-0.3, -0.25) is 9.69 Å². The zero-order valence-electron chi connectivity index (χ0n) is 22.2. The van der Waals surface area contributed by atoms with E-state index in [-0.39, 0.29) is 11.6 Å². The normalized spacial score (nSPS) is 20.6. The van der Waals surface area contributed by atoms with Gasteiger partial charge in [0.15, 0.2) is 5.65 Å². The van der Waals surface area contributed by atoms with Crippen LogP contribution in [0.3, 0.4) is 0 Å². The van der Waals surface area contributed by atoms with Gasteiger partial charge in [-0.1, -0.05) is 6.58 Å². The first-order chi connectivity index (χ1) is 19.5. The third-order valence-electron chi connectivity index (χ3n) is 7.78. The second-order valence-corrected chi connectivity index (χ2v) is 11.9. The highest BCUT2D eigenvalue weighted by Gasteiger charge is 2.27. The number of anilines is 1. The quantitative estimate of drug-likeness (QED) is 0.311. The average Bonchev–Trinajstić information content (AvgIpc) is 3.34. The zero-order chi connectivity index (χ0) is 27.2. The van der Waals surface area contributed by atoms with E-state index in [0.29, 0.717) is 33.4 Å². The topological polar surface area (TPSA) is 124 Å². The van der Waals surface area contributed by atoms with E-state index in [2.05, 4.69) is 31.9 Å². The Kier molecular flexibility index (Phi) is 6.53. The second kappa shape index (κ2) is 10.3. The molecule has 0 bridgehead atoms. The molecule has 3 N–H and O–H groups in total. The molecule has 7 rings (SSSR count). The highest BCUT2D eigenvalue weighted by Crippen LogP contribution is 2.32. The fraction of sp³-hybridized carbons (Fsp3) is 0.429. The molecule has 0 radical (unpaired) electrons.